The minimum atomic E-state index is 0.234. The zero-order chi connectivity index (χ0) is 17.1. The van der Waals surface area contributed by atoms with E-state index in [0.29, 0.717) is 23.7 Å². The molecule has 0 heterocycles. The maximum atomic E-state index is 4.64. The van der Waals surface area contributed by atoms with Gasteiger partial charge in [-0.3, -0.25) is 0 Å². The van der Waals surface area contributed by atoms with Gasteiger partial charge >= 0.3 is 0 Å². The molecule has 0 saturated carbocycles. The van der Waals surface area contributed by atoms with E-state index in [1.54, 1.807) is 0 Å². The molecule has 2 aliphatic carbocycles. The molecule has 0 N–H and O–H groups in total. The van der Waals surface area contributed by atoms with Gasteiger partial charge in [-0.15, -0.1) is 19.2 Å². The lowest BCUT2D eigenvalue weighted by molar-refractivity contribution is 0.250. The topological polar surface area (TPSA) is 0 Å². The molecular formula is C21H30S2. The minimum absolute atomic E-state index is 0.234. The Labute approximate surface area is 153 Å². The quantitative estimate of drug-likeness (QED) is 0.426. The molecule has 23 heavy (non-hydrogen) atoms. The lowest BCUT2D eigenvalue weighted by Gasteiger charge is -2.38. The summed E-state index contributed by atoms with van der Waals surface area (Å²) in [7, 11) is 0. The predicted octanol–water partition coefficient (Wildman–Crippen LogP) is 6.42. The van der Waals surface area contributed by atoms with Crippen LogP contribution in [0.2, 0.25) is 0 Å². The van der Waals surface area contributed by atoms with E-state index in [1.165, 1.54) is 23.1 Å². The van der Waals surface area contributed by atoms with Crippen LogP contribution in [0.5, 0.6) is 0 Å². The van der Waals surface area contributed by atoms with E-state index in [2.05, 4.69) is 83.5 Å². The van der Waals surface area contributed by atoms with Gasteiger partial charge in [0.1, 0.15) is 0 Å². The van der Waals surface area contributed by atoms with Crippen molar-refractivity contribution in [1.29, 1.82) is 0 Å². The van der Waals surface area contributed by atoms with Crippen molar-refractivity contribution >= 4 is 25.3 Å². The molecule has 0 radical (unpaired) electrons. The first-order valence-electron chi connectivity index (χ1n) is 8.64. The third kappa shape index (κ3) is 4.09. The lowest BCUT2D eigenvalue weighted by atomic mass is 9.66. The van der Waals surface area contributed by atoms with Crippen LogP contribution in [0.1, 0.15) is 40.0 Å². The summed E-state index contributed by atoms with van der Waals surface area (Å²) in [5.41, 5.74) is 4.27. The lowest BCUT2D eigenvalue weighted by Crippen LogP contribution is -2.28. The van der Waals surface area contributed by atoms with E-state index in [-0.39, 0.29) is 5.25 Å². The van der Waals surface area contributed by atoms with Crippen LogP contribution in [-0.2, 0) is 0 Å². The van der Waals surface area contributed by atoms with Gasteiger partial charge in [-0.2, -0.15) is 12.6 Å². The van der Waals surface area contributed by atoms with Crippen molar-refractivity contribution in [2.45, 2.75) is 45.3 Å². The van der Waals surface area contributed by atoms with Gasteiger partial charge in [-0.1, -0.05) is 57.2 Å². The molecule has 0 amide bonds. The molecule has 0 saturated heterocycles. The van der Waals surface area contributed by atoms with Gasteiger partial charge in [-0.05, 0) is 53.1 Å². The summed E-state index contributed by atoms with van der Waals surface area (Å²) in [5, 5.41) is 0.234. The Kier molecular flexibility index (Phi) is 6.50. The van der Waals surface area contributed by atoms with Crippen molar-refractivity contribution in [2.24, 2.45) is 23.7 Å². The van der Waals surface area contributed by atoms with Crippen molar-refractivity contribution in [3.8, 4) is 0 Å². The summed E-state index contributed by atoms with van der Waals surface area (Å²) in [4.78, 5) is 1.10. The van der Waals surface area contributed by atoms with E-state index in [0.717, 1.165) is 17.7 Å². The first-order valence-corrected chi connectivity index (χ1v) is 9.60. The molecule has 0 nitrogen and oxygen atoms in total. The van der Waals surface area contributed by atoms with E-state index in [1.807, 2.05) is 0 Å². The Hall–Kier alpha value is -0.600. The summed E-state index contributed by atoms with van der Waals surface area (Å²) < 4.78 is 0. The largest absolute Gasteiger partial charge is 0.170 e. The van der Waals surface area contributed by atoms with E-state index >= 15 is 0 Å². The molecular weight excluding hydrogens is 316 g/mol. The summed E-state index contributed by atoms with van der Waals surface area (Å²) in [5.74, 6) is 2.37. The van der Waals surface area contributed by atoms with Crippen LogP contribution in [0.3, 0.4) is 0 Å². The van der Waals surface area contributed by atoms with Gasteiger partial charge in [0.2, 0.25) is 0 Å². The first kappa shape index (κ1) is 18.7. The molecule has 2 rings (SSSR count). The Morgan fingerprint density at radius 1 is 1.26 bits per heavy atom. The maximum absolute atomic E-state index is 4.64. The third-order valence-electron chi connectivity index (χ3n) is 5.48. The monoisotopic (exact) mass is 346 g/mol. The molecule has 0 bridgehead atoms. The van der Waals surface area contributed by atoms with E-state index < -0.39 is 0 Å². The average Bonchev–Trinajstić information content (AvgIpc) is 2.51. The zero-order valence-corrected chi connectivity index (χ0v) is 16.4. The SMILES string of the molecule is C=CC1=C(/C=C2\CC=C(S)C(S)C2)C(C=C)CC(C(C)C)C1C. The molecule has 2 heteroatoms. The number of rotatable bonds is 4. The summed E-state index contributed by atoms with van der Waals surface area (Å²) in [6.45, 7) is 15.2. The van der Waals surface area contributed by atoms with Gasteiger partial charge in [0.05, 0.1) is 0 Å². The second-order valence-corrected chi connectivity index (χ2v) is 8.38. The molecule has 0 aromatic heterocycles. The maximum Gasteiger partial charge on any atom is 0.0358 e. The molecule has 0 fully saturated rings. The fourth-order valence-electron chi connectivity index (χ4n) is 4.04. The van der Waals surface area contributed by atoms with Crippen molar-refractivity contribution in [3.05, 3.63) is 59.1 Å². The van der Waals surface area contributed by atoms with Crippen molar-refractivity contribution in [2.75, 3.05) is 0 Å². The van der Waals surface area contributed by atoms with Crippen LogP contribution in [0, 0.1) is 23.7 Å². The molecule has 0 aromatic carbocycles. The van der Waals surface area contributed by atoms with Gasteiger partial charge in [-0.25, -0.2) is 0 Å². The Balaban J connectivity index is 2.42. The van der Waals surface area contributed by atoms with Crippen LogP contribution >= 0.6 is 25.3 Å². The number of hydrogen-bond donors (Lipinski definition) is 2. The normalized spacial score (nSPS) is 33.8. The fraction of sp³-hybridized carbons (Fsp3) is 0.524. The van der Waals surface area contributed by atoms with Gasteiger partial charge in [0, 0.05) is 11.2 Å². The first-order chi connectivity index (χ1) is 10.9. The highest BCUT2D eigenvalue weighted by Gasteiger charge is 2.33. The van der Waals surface area contributed by atoms with Crippen LogP contribution in [0.4, 0.5) is 0 Å². The molecule has 4 unspecified atom stereocenters. The van der Waals surface area contributed by atoms with Crippen molar-refractivity contribution < 1.29 is 0 Å². The van der Waals surface area contributed by atoms with Crippen LogP contribution in [0.15, 0.2) is 59.1 Å². The number of allylic oxidation sites excluding steroid dienone is 7. The molecule has 126 valence electrons. The summed E-state index contributed by atoms with van der Waals surface area (Å²) >= 11 is 9.14. The minimum Gasteiger partial charge on any atom is -0.170 e. The highest BCUT2D eigenvalue weighted by molar-refractivity contribution is 7.88. The Bertz CT molecular complexity index is 562. The van der Waals surface area contributed by atoms with Crippen LogP contribution in [-0.4, -0.2) is 5.25 Å². The molecule has 4 atom stereocenters. The molecule has 0 aromatic rings. The average molecular weight is 347 g/mol. The highest BCUT2D eigenvalue weighted by atomic mass is 32.1. The van der Waals surface area contributed by atoms with E-state index in [9.17, 15) is 0 Å². The molecule has 0 spiro atoms. The zero-order valence-electron chi connectivity index (χ0n) is 14.6. The molecule has 0 aliphatic heterocycles. The van der Waals surface area contributed by atoms with E-state index in [4.69, 9.17) is 0 Å². The summed E-state index contributed by atoms with van der Waals surface area (Å²) in [6, 6.07) is 0. The van der Waals surface area contributed by atoms with Crippen molar-refractivity contribution in [1.82, 2.24) is 0 Å². The van der Waals surface area contributed by atoms with Crippen LogP contribution in [0.25, 0.3) is 0 Å². The van der Waals surface area contributed by atoms with Gasteiger partial charge < -0.3 is 0 Å². The second kappa shape index (κ2) is 7.98. The second-order valence-electron chi connectivity index (χ2n) is 7.24. The van der Waals surface area contributed by atoms with Crippen LogP contribution < -0.4 is 0 Å². The van der Waals surface area contributed by atoms with Gasteiger partial charge in [0.25, 0.3) is 0 Å². The number of thiol groups is 2. The fourth-order valence-corrected chi connectivity index (χ4v) is 4.57. The number of hydrogen-bond acceptors (Lipinski definition) is 2. The molecule has 2 aliphatic rings. The summed E-state index contributed by atoms with van der Waals surface area (Å²) in [6.07, 6.45) is 11.9. The van der Waals surface area contributed by atoms with Gasteiger partial charge in [0.15, 0.2) is 0 Å². The standard InChI is InChI=1S/C21H30S2/c1-6-16-12-18(13(3)4)14(5)17(7-2)19(16)10-15-8-9-20(22)21(23)11-15/h6-7,9-10,13-14,16,18,21-23H,1-2,8,11-12H2,3-5H3/b15-10+. The third-order valence-corrected chi connectivity index (χ3v) is 6.64. The Morgan fingerprint density at radius 3 is 2.48 bits per heavy atom. The smallest absolute Gasteiger partial charge is 0.0358 e. The highest BCUT2D eigenvalue weighted by Crippen LogP contribution is 2.44. The van der Waals surface area contributed by atoms with Crippen molar-refractivity contribution in [3.63, 3.8) is 0 Å². The Morgan fingerprint density at radius 2 is 1.96 bits per heavy atom. The predicted molar refractivity (Wildman–Crippen MR) is 110 cm³/mol.